The second kappa shape index (κ2) is 7.71. The lowest BCUT2D eigenvalue weighted by Gasteiger charge is -2.18. The Hall–Kier alpha value is -2.20. The summed E-state index contributed by atoms with van der Waals surface area (Å²) in [6.45, 7) is 2.88. The number of halogens is 1. The molecular formula is C17H19ClN2O2. The van der Waals surface area contributed by atoms with E-state index in [0.717, 1.165) is 11.3 Å². The minimum Gasteiger partial charge on any atom is -0.492 e. The first kappa shape index (κ1) is 16.2. The van der Waals surface area contributed by atoms with E-state index in [1.54, 1.807) is 24.1 Å². The SMILES string of the molecule is Cc1ccc(NC(=O)N(C)CCOc2cccc(Cl)c2)cc1. The molecule has 1 N–H and O–H groups in total. The van der Waals surface area contributed by atoms with Crippen LogP contribution < -0.4 is 10.1 Å². The summed E-state index contributed by atoms with van der Waals surface area (Å²) in [5, 5.41) is 3.46. The Morgan fingerprint density at radius 1 is 1.23 bits per heavy atom. The summed E-state index contributed by atoms with van der Waals surface area (Å²) in [7, 11) is 1.73. The van der Waals surface area contributed by atoms with E-state index in [1.165, 1.54) is 0 Å². The molecule has 0 saturated carbocycles. The number of nitrogens with one attached hydrogen (secondary N) is 1. The highest BCUT2D eigenvalue weighted by Crippen LogP contribution is 2.17. The molecule has 4 nitrogen and oxygen atoms in total. The Bertz CT molecular complexity index is 629. The van der Waals surface area contributed by atoms with Crippen LogP contribution in [0.3, 0.4) is 0 Å². The van der Waals surface area contributed by atoms with Gasteiger partial charge in [-0.1, -0.05) is 35.4 Å². The van der Waals surface area contributed by atoms with Crippen molar-refractivity contribution in [3.05, 3.63) is 59.1 Å². The molecule has 0 spiro atoms. The number of likely N-dealkylation sites (N-methyl/N-ethyl adjacent to an activating group) is 1. The molecule has 0 saturated heterocycles. The highest BCUT2D eigenvalue weighted by Gasteiger charge is 2.08. The number of rotatable bonds is 5. The highest BCUT2D eigenvalue weighted by atomic mass is 35.5. The lowest BCUT2D eigenvalue weighted by Crippen LogP contribution is -2.34. The molecule has 0 atom stereocenters. The van der Waals surface area contributed by atoms with Gasteiger partial charge in [-0.25, -0.2) is 4.79 Å². The lowest BCUT2D eigenvalue weighted by atomic mass is 10.2. The molecule has 0 aromatic heterocycles. The Morgan fingerprint density at radius 2 is 1.95 bits per heavy atom. The largest absolute Gasteiger partial charge is 0.492 e. The maximum Gasteiger partial charge on any atom is 0.321 e. The Kier molecular flexibility index (Phi) is 5.67. The zero-order chi connectivity index (χ0) is 15.9. The third-order valence-electron chi connectivity index (χ3n) is 3.14. The van der Waals surface area contributed by atoms with E-state index in [9.17, 15) is 4.79 Å². The van der Waals surface area contributed by atoms with Crippen molar-refractivity contribution < 1.29 is 9.53 Å². The van der Waals surface area contributed by atoms with E-state index < -0.39 is 0 Å². The lowest BCUT2D eigenvalue weighted by molar-refractivity contribution is 0.207. The van der Waals surface area contributed by atoms with Crippen molar-refractivity contribution in [3.8, 4) is 5.75 Å². The minimum atomic E-state index is -0.168. The van der Waals surface area contributed by atoms with Crippen molar-refractivity contribution in [2.24, 2.45) is 0 Å². The summed E-state index contributed by atoms with van der Waals surface area (Å²) in [5.41, 5.74) is 1.93. The third-order valence-corrected chi connectivity index (χ3v) is 3.38. The maximum absolute atomic E-state index is 12.0. The molecule has 116 valence electrons. The van der Waals surface area contributed by atoms with Crippen molar-refractivity contribution in [1.82, 2.24) is 4.90 Å². The van der Waals surface area contributed by atoms with Crippen LogP contribution in [0.1, 0.15) is 5.56 Å². The Balaban J connectivity index is 1.77. The summed E-state index contributed by atoms with van der Waals surface area (Å²) in [6.07, 6.45) is 0. The summed E-state index contributed by atoms with van der Waals surface area (Å²) < 4.78 is 5.57. The summed E-state index contributed by atoms with van der Waals surface area (Å²) in [4.78, 5) is 13.6. The van der Waals surface area contributed by atoms with E-state index in [1.807, 2.05) is 43.3 Å². The number of amides is 2. The van der Waals surface area contributed by atoms with Crippen LogP contribution in [0.15, 0.2) is 48.5 Å². The Morgan fingerprint density at radius 3 is 2.64 bits per heavy atom. The normalized spacial score (nSPS) is 10.1. The number of urea groups is 1. The van der Waals surface area contributed by atoms with Crippen molar-refractivity contribution in [1.29, 1.82) is 0 Å². The van der Waals surface area contributed by atoms with E-state index in [2.05, 4.69) is 5.32 Å². The van der Waals surface area contributed by atoms with Crippen LogP contribution in [0, 0.1) is 6.92 Å². The number of ether oxygens (including phenoxy) is 1. The molecule has 0 aliphatic carbocycles. The van der Waals surface area contributed by atoms with Crippen LogP contribution in [0.25, 0.3) is 0 Å². The van der Waals surface area contributed by atoms with Gasteiger partial charge in [-0.3, -0.25) is 0 Å². The molecule has 22 heavy (non-hydrogen) atoms. The molecule has 0 radical (unpaired) electrons. The van der Waals surface area contributed by atoms with Crippen LogP contribution in [-0.2, 0) is 0 Å². The number of benzene rings is 2. The molecule has 2 aromatic rings. The van der Waals surface area contributed by atoms with Gasteiger partial charge in [-0.15, -0.1) is 0 Å². The topological polar surface area (TPSA) is 41.6 Å². The van der Waals surface area contributed by atoms with Gasteiger partial charge in [0.1, 0.15) is 12.4 Å². The van der Waals surface area contributed by atoms with Gasteiger partial charge in [0.2, 0.25) is 0 Å². The molecule has 0 heterocycles. The zero-order valence-corrected chi connectivity index (χ0v) is 13.4. The van der Waals surface area contributed by atoms with E-state index in [4.69, 9.17) is 16.3 Å². The Labute approximate surface area is 135 Å². The van der Waals surface area contributed by atoms with Crippen LogP contribution in [0.4, 0.5) is 10.5 Å². The molecule has 2 amide bonds. The van der Waals surface area contributed by atoms with Gasteiger partial charge in [0.25, 0.3) is 0 Å². The molecule has 0 aliphatic heterocycles. The van der Waals surface area contributed by atoms with Gasteiger partial charge < -0.3 is 15.0 Å². The van der Waals surface area contributed by atoms with Crippen molar-refractivity contribution in [3.63, 3.8) is 0 Å². The van der Waals surface area contributed by atoms with Crippen LogP contribution in [0.5, 0.6) is 5.75 Å². The van der Waals surface area contributed by atoms with Gasteiger partial charge >= 0.3 is 6.03 Å². The second-order valence-electron chi connectivity index (χ2n) is 5.02. The van der Waals surface area contributed by atoms with E-state index in [-0.39, 0.29) is 6.03 Å². The fraction of sp³-hybridized carbons (Fsp3) is 0.235. The summed E-state index contributed by atoms with van der Waals surface area (Å²) in [6, 6.07) is 14.7. The van der Waals surface area contributed by atoms with Gasteiger partial charge in [0.15, 0.2) is 0 Å². The highest BCUT2D eigenvalue weighted by molar-refractivity contribution is 6.30. The van der Waals surface area contributed by atoms with Crippen molar-refractivity contribution >= 4 is 23.3 Å². The quantitative estimate of drug-likeness (QED) is 0.898. The predicted octanol–water partition coefficient (Wildman–Crippen LogP) is 4.19. The van der Waals surface area contributed by atoms with Gasteiger partial charge in [-0.2, -0.15) is 0 Å². The number of carbonyl (C=O) groups is 1. The standard InChI is InChI=1S/C17H19ClN2O2/c1-13-6-8-15(9-7-13)19-17(21)20(2)10-11-22-16-5-3-4-14(18)12-16/h3-9,12H,10-11H2,1-2H3,(H,19,21). The van der Waals surface area contributed by atoms with E-state index >= 15 is 0 Å². The molecule has 2 aromatic carbocycles. The smallest absolute Gasteiger partial charge is 0.321 e. The van der Waals surface area contributed by atoms with Crippen LogP contribution in [-0.4, -0.2) is 31.1 Å². The first-order chi connectivity index (χ1) is 10.5. The van der Waals surface area contributed by atoms with Gasteiger partial charge in [0.05, 0.1) is 6.54 Å². The maximum atomic E-state index is 12.0. The molecule has 5 heteroatoms. The molecule has 0 aliphatic rings. The first-order valence-corrected chi connectivity index (χ1v) is 7.39. The fourth-order valence-electron chi connectivity index (χ4n) is 1.81. The molecule has 2 rings (SSSR count). The second-order valence-corrected chi connectivity index (χ2v) is 5.46. The zero-order valence-electron chi connectivity index (χ0n) is 12.7. The van der Waals surface area contributed by atoms with Crippen molar-refractivity contribution in [2.75, 3.05) is 25.5 Å². The minimum absolute atomic E-state index is 0.168. The average molecular weight is 319 g/mol. The number of nitrogens with zero attached hydrogens (tertiary/aromatic N) is 1. The summed E-state index contributed by atoms with van der Waals surface area (Å²) >= 11 is 5.88. The summed E-state index contributed by atoms with van der Waals surface area (Å²) in [5.74, 6) is 0.694. The number of anilines is 1. The first-order valence-electron chi connectivity index (χ1n) is 7.02. The van der Waals surface area contributed by atoms with Gasteiger partial charge in [0, 0.05) is 17.8 Å². The predicted molar refractivity (Wildman–Crippen MR) is 89.8 cm³/mol. The molecular weight excluding hydrogens is 300 g/mol. The fourth-order valence-corrected chi connectivity index (χ4v) is 1.99. The third kappa shape index (κ3) is 4.97. The number of hydrogen-bond acceptors (Lipinski definition) is 2. The number of carbonyl (C=O) groups excluding carboxylic acids is 1. The van der Waals surface area contributed by atoms with Crippen LogP contribution >= 0.6 is 11.6 Å². The van der Waals surface area contributed by atoms with Crippen molar-refractivity contribution in [2.45, 2.75) is 6.92 Å². The van der Waals surface area contributed by atoms with E-state index in [0.29, 0.717) is 23.9 Å². The van der Waals surface area contributed by atoms with Crippen LogP contribution in [0.2, 0.25) is 5.02 Å². The number of aryl methyl sites for hydroxylation is 1. The molecule has 0 unspecified atom stereocenters. The van der Waals surface area contributed by atoms with Gasteiger partial charge in [-0.05, 0) is 37.3 Å². The number of hydrogen-bond donors (Lipinski definition) is 1. The molecule has 0 bridgehead atoms. The average Bonchev–Trinajstić information content (AvgIpc) is 2.49. The molecule has 0 fully saturated rings. The monoisotopic (exact) mass is 318 g/mol.